The fourth-order valence-electron chi connectivity index (χ4n) is 2.95. The van der Waals surface area contributed by atoms with Crippen LogP contribution in [0.1, 0.15) is 30.5 Å². The first-order chi connectivity index (χ1) is 12.0. The SMILES string of the molecule is COc1ccc(C2CC(c3ccc(F)cc3)=NN2C(C)=O)c(OC)c1. The Morgan fingerprint density at radius 2 is 1.88 bits per heavy atom. The smallest absolute Gasteiger partial charge is 0.240 e. The predicted molar refractivity (Wildman–Crippen MR) is 92.4 cm³/mol. The van der Waals surface area contributed by atoms with Crippen molar-refractivity contribution in [3.8, 4) is 11.5 Å². The molecule has 130 valence electrons. The zero-order chi connectivity index (χ0) is 18.0. The summed E-state index contributed by atoms with van der Waals surface area (Å²) < 4.78 is 23.8. The van der Waals surface area contributed by atoms with Gasteiger partial charge in [0.05, 0.1) is 26.0 Å². The minimum absolute atomic E-state index is 0.167. The number of halogens is 1. The lowest BCUT2D eigenvalue weighted by atomic mass is 9.97. The summed E-state index contributed by atoms with van der Waals surface area (Å²) in [6.45, 7) is 1.47. The zero-order valence-electron chi connectivity index (χ0n) is 14.3. The molecular weight excluding hydrogens is 323 g/mol. The molecule has 1 amide bonds. The first-order valence-corrected chi connectivity index (χ1v) is 7.88. The van der Waals surface area contributed by atoms with Crippen LogP contribution in [0.15, 0.2) is 47.6 Å². The molecule has 6 heteroatoms. The third-order valence-electron chi connectivity index (χ3n) is 4.21. The summed E-state index contributed by atoms with van der Waals surface area (Å²) in [7, 11) is 3.16. The number of hydrogen-bond donors (Lipinski definition) is 0. The normalized spacial score (nSPS) is 16.6. The van der Waals surface area contributed by atoms with Gasteiger partial charge in [0, 0.05) is 25.0 Å². The Bertz CT molecular complexity index is 818. The Labute approximate surface area is 145 Å². The van der Waals surface area contributed by atoms with E-state index in [1.165, 1.54) is 24.1 Å². The molecule has 1 atom stereocenters. The molecule has 2 aromatic carbocycles. The Kier molecular flexibility index (Phi) is 4.70. The topological polar surface area (TPSA) is 51.1 Å². The number of hydrogen-bond acceptors (Lipinski definition) is 4. The van der Waals surface area contributed by atoms with Crippen molar-refractivity contribution < 1.29 is 18.7 Å². The van der Waals surface area contributed by atoms with E-state index in [-0.39, 0.29) is 17.8 Å². The average molecular weight is 342 g/mol. The molecule has 0 aromatic heterocycles. The van der Waals surface area contributed by atoms with Crippen LogP contribution >= 0.6 is 0 Å². The number of benzene rings is 2. The fraction of sp³-hybridized carbons (Fsp3) is 0.263. The number of amides is 1. The van der Waals surface area contributed by atoms with E-state index in [0.29, 0.717) is 17.9 Å². The highest BCUT2D eigenvalue weighted by molar-refractivity contribution is 6.03. The number of rotatable bonds is 4. The van der Waals surface area contributed by atoms with Gasteiger partial charge in [-0.05, 0) is 29.8 Å². The molecule has 1 aliphatic rings. The third-order valence-corrected chi connectivity index (χ3v) is 4.21. The predicted octanol–water partition coefficient (Wildman–Crippen LogP) is 3.54. The summed E-state index contributed by atoms with van der Waals surface area (Å²) in [6, 6.07) is 11.3. The number of carbonyl (C=O) groups excluding carboxylic acids is 1. The van der Waals surface area contributed by atoms with Crippen LogP contribution in [0.25, 0.3) is 0 Å². The van der Waals surface area contributed by atoms with Crippen LogP contribution in [0.3, 0.4) is 0 Å². The fourth-order valence-corrected chi connectivity index (χ4v) is 2.95. The van der Waals surface area contributed by atoms with Crippen LogP contribution in [-0.4, -0.2) is 30.8 Å². The van der Waals surface area contributed by atoms with Gasteiger partial charge in [-0.3, -0.25) is 4.79 Å². The minimum Gasteiger partial charge on any atom is -0.497 e. The Hall–Kier alpha value is -2.89. The van der Waals surface area contributed by atoms with Crippen LogP contribution in [0.2, 0.25) is 0 Å². The van der Waals surface area contributed by atoms with E-state index in [0.717, 1.165) is 16.8 Å². The lowest BCUT2D eigenvalue weighted by Crippen LogP contribution is -2.24. The lowest BCUT2D eigenvalue weighted by Gasteiger charge is -2.22. The van der Waals surface area contributed by atoms with Crippen LogP contribution in [0.5, 0.6) is 11.5 Å². The highest BCUT2D eigenvalue weighted by atomic mass is 19.1. The zero-order valence-corrected chi connectivity index (χ0v) is 14.3. The van der Waals surface area contributed by atoms with Crippen LogP contribution in [0.4, 0.5) is 4.39 Å². The van der Waals surface area contributed by atoms with Gasteiger partial charge in [0.15, 0.2) is 0 Å². The van der Waals surface area contributed by atoms with E-state index in [2.05, 4.69) is 5.10 Å². The highest BCUT2D eigenvalue weighted by Crippen LogP contribution is 2.38. The maximum Gasteiger partial charge on any atom is 0.240 e. The second kappa shape index (κ2) is 6.93. The van der Waals surface area contributed by atoms with Crippen LogP contribution in [0, 0.1) is 5.82 Å². The quantitative estimate of drug-likeness (QED) is 0.854. The molecule has 0 aliphatic carbocycles. The standard InChI is InChI=1S/C19H19FN2O3/c1-12(23)22-18(16-9-8-15(24-2)10-19(16)25-3)11-17(21-22)13-4-6-14(20)7-5-13/h4-10,18H,11H2,1-3H3. The Balaban J connectivity index is 1.97. The van der Waals surface area contributed by atoms with Crippen molar-refractivity contribution in [3.05, 3.63) is 59.4 Å². The van der Waals surface area contributed by atoms with E-state index < -0.39 is 0 Å². The van der Waals surface area contributed by atoms with Crippen molar-refractivity contribution in [1.82, 2.24) is 5.01 Å². The van der Waals surface area contributed by atoms with Gasteiger partial charge in [-0.15, -0.1) is 0 Å². The lowest BCUT2D eigenvalue weighted by molar-refractivity contribution is -0.130. The maximum absolute atomic E-state index is 13.2. The summed E-state index contributed by atoms with van der Waals surface area (Å²) in [4.78, 5) is 12.1. The van der Waals surface area contributed by atoms with Gasteiger partial charge in [-0.25, -0.2) is 9.40 Å². The van der Waals surface area contributed by atoms with Crippen molar-refractivity contribution in [1.29, 1.82) is 0 Å². The van der Waals surface area contributed by atoms with Crippen molar-refractivity contribution >= 4 is 11.6 Å². The van der Waals surface area contributed by atoms with Gasteiger partial charge in [-0.1, -0.05) is 12.1 Å². The third kappa shape index (κ3) is 3.33. The molecule has 0 radical (unpaired) electrons. The van der Waals surface area contributed by atoms with E-state index in [9.17, 15) is 9.18 Å². The summed E-state index contributed by atoms with van der Waals surface area (Å²) in [5.41, 5.74) is 2.38. The molecule has 2 aromatic rings. The highest BCUT2D eigenvalue weighted by Gasteiger charge is 2.33. The van der Waals surface area contributed by atoms with Gasteiger partial charge < -0.3 is 9.47 Å². The molecule has 0 saturated heterocycles. The van der Waals surface area contributed by atoms with Crippen molar-refractivity contribution in [3.63, 3.8) is 0 Å². The molecule has 0 saturated carbocycles. The number of nitrogens with zero attached hydrogens (tertiary/aromatic N) is 2. The molecule has 0 N–H and O–H groups in total. The summed E-state index contributed by atoms with van der Waals surface area (Å²) in [5.74, 6) is 0.831. The number of methoxy groups -OCH3 is 2. The maximum atomic E-state index is 13.2. The molecule has 1 heterocycles. The van der Waals surface area contributed by atoms with E-state index in [1.54, 1.807) is 32.4 Å². The van der Waals surface area contributed by atoms with E-state index >= 15 is 0 Å². The first kappa shape index (κ1) is 17.0. The molecule has 0 bridgehead atoms. The Morgan fingerprint density at radius 3 is 2.48 bits per heavy atom. The van der Waals surface area contributed by atoms with Crippen LogP contribution < -0.4 is 9.47 Å². The average Bonchev–Trinajstić information content (AvgIpc) is 3.07. The number of hydrazone groups is 1. The largest absolute Gasteiger partial charge is 0.497 e. The van der Waals surface area contributed by atoms with Gasteiger partial charge >= 0.3 is 0 Å². The van der Waals surface area contributed by atoms with Gasteiger partial charge in [-0.2, -0.15) is 5.10 Å². The molecule has 1 unspecified atom stereocenters. The van der Waals surface area contributed by atoms with Crippen LogP contribution in [-0.2, 0) is 4.79 Å². The van der Waals surface area contributed by atoms with Gasteiger partial charge in [0.25, 0.3) is 0 Å². The van der Waals surface area contributed by atoms with Gasteiger partial charge in [0.2, 0.25) is 5.91 Å². The molecule has 25 heavy (non-hydrogen) atoms. The molecule has 0 fully saturated rings. The molecule has 5 nitrogen and oxygen atoms in total. The Morgan fingerprint density at radius 1 is 1.16 bits per heavy atom. The number of ether oxygens (including phenoxy) is 2. The second-order valence-electron chi connectivity index (χ2n) is 5.74. The summed E-state index contributed by atoms with van der Waals surface area (Å²) >= 11 is 0. The van der Waals surface area contributed by atoms with Gasteiger partial charge in [0.1, 0.15) is 17.3 Å². The summed E-state index contributed by atoms with van der Waals surface area (Å²) in [5, 5.41) is 5.90. The molecule has 3 rings (SSSR count). The van der Waals surface area contributed by atoms with Crippen molar-refractivity contribution in [2.24, 2.45) is 5.10 Å². The van der Waals surface area contributed by atoms with Crippen molar-refractivity contribution in [2.75, 3.05) is 14.2 Å². The minimum atomic E-state index is -0.306. The monoisotopic (exact) mass is 342 g/mol. The first-order valence-electron chi connectivity index (χ1n) is 7.88. The second-order valence-corrected chi connectivity index (χ2v) is 5.74. The molecule has 1 aliphatic heterocycles. The molecule has 0 spiro atoms. The van der Waals surface area contributed by atoms with E-state index in [4.69, 9.17) is 9.47 Å². The number of carbonyl (C=O) groups is 1. The molecular formula is C19H19FN2O3. The summed E-state index contributed by atoms with van der Waals surface area (Å²) in [6.07, 6.45) is 0.522. The van der Waals surface area contributed by atoms with Crippen molar-refractivity contribution in [2.45, 2.75) is 19.4 Å². The van der Waals surface area contributed by atoms with E-state index in [1.807, 2.05) is 12.1 Å².